The molecular formula is C25H25N3O3S2. The Hall–Kier alpha value is -3.28. The summed E-state index contributed by atoms with van der Waals surface area (Å²) in [7, 11) is 1.72. The molecule has 0 aliphatic carbocycles. The molecule has 0 bridgehead atoms. The van der Waals surface area contributed by atoms with Crippen LogP contribution in [-0.2, 0) is 11.2 Å². The molecule has 0 fully saturated rings. The first-order valence-electron chi connectivity index (χ1n) is 10.6. The number of ether oxygens (including phenoxy) is 1. The molecular weight excluding hydrogens is 454 g/mol. The quantitative estimate of drug-likeness (QED) is 0.247. The molecule has 1 amide bonds. The predicted molar refractivity (Wildman–Crippen MR) is 134 cm³/mol. The maximum Gasteiger partial charge on any atom is 0.348 e. The first-order valence-corrected chi connectivity index (χ1v) is 12.3. The van der Waals surface area contributed by atoms with E-state index in [0.717, 1.165) is 38.4 Å². The van der Waals surface area contributed by atoms with E-state index in [2.05, 4.69) is 17.2 Å². The van der Waals surface area contributed by atoms with E-state index in [4.69, 9.17) is 10.00 Å². The molecule has 0 aliphatic heterocycles. The summed E-state index contributed by atoms with van der Waals surface area (Å²) in [4.78, 5) is 32.3. The third kappa shape index (κ3) is 5.56. The Morgan fingerprint density at radius 3 is 2.48 bits per heavy atom. The number of aryl methyl sites for hydroxylation is 1. The Kier molecular flexibility index (Phi) is 8.52. The minimum Gasteiger partial charge on any atom is -0.462 e. The lowest BCUT2D eigenvalue weighted by Crippen LogP contribution is -2.23. The standard InChI is InChI=1S/C25H25N3O3S2/c1-4-19-18(15-27-3)22(23(33-19)25(30)31-5-2)17-9-7-16(8-10-17)20-11-12-21(32-20)24(29)28-14-6-13-26/h7-12,15H,4-6,14H2,1-3H3,(H,28,29). The summed E-state index contributed by atoms with van der Waals surface area (Å²) >= 11 is 2.86. The molecule has 1 N–H and O–H groups in total. The van der Waals surface area contributed by atoms with Crippen LogP contribution in [0.1, 0.15) is 50.1 Å². The number of nitriles is 1. The number of nitrogens with one attached hydrogen (secondary N) is 1. The van der Waals surface area contributed by atoms with Gasteiger partial charge >= 0.3 is 5.97 Å². The van der Waals surface area contributed by atoms with Crippen molar-refractivity contribution in [3.8, 4) is 27.6 Å². The summed E-state index contributed by atoms with van der Waals surface area (Å²) in [5, 5.41) is 11.4. The van der Waals surface area contributed by atoms with Gasteiger partial charge in [0.2, 0.25) is 0 Å². The minimum absolute atomic E-state index is 0.175. The van der Waals surface area contributed by atoms with Gasteiger partial charge in [0.1, 0.15) is 4.88 Å². The van der Waals surface area contributed by atoms with E-state index in [-0.39, 0.29) is 18.3 Å². The molecule has 0 radical (unpaired) electrons. The smallest absolute Gasteiger partial charge is 0.348 e. The van der Waals surface area contributed by atoms with Gasteiger partial charge in [-0.2, -0.15) is 5.26 Å². The summed E-state index contributed by atoms with van der Waals surface area (Å²) in [6.07, 6.45) is 2.88. The second kappa shape index (κ2) is 11.5. The van der Waals surface area contributed by atoms with E-state index in [1.165, 1.54) is 22.7 Å². The monoisotopic (exact) mass is 479 g/mol. The van der Waals surface area contributed by atoms with Crippen molar-refractivity contribution >= 4 is 40.8 Å². The first-order chi connectivity index (χ1) is 16.0. The molecule has 0 unspecified atom stereocenters. The summed E-state index contributed by atoms with van der Waals surface area (Å²) in [5.74, 6) is -0.497. The van der Waals surface area contributed by atoms with Crippen LogP contribution in [-0.4, -0.2) is 38.3 Å². The number of carbonyl (C=O) groups excluding carboxylic acids is 2. The molecule has 0 aliphatic rings. The zero-order valence-corrected chi connectivity index (χ0v) is 20.4. The highest BCUT2D eigenvalue weighted by molar-refractivity contribution is 7.17. The highest BCUT2D eigenvalue weighted by Crippen LogP contribution is 2.38. The van der Waals surface area contributed by atoms with Gasteiger partial charge in [0, 0.05) is 40.7 Å². The molecule has 0 atom stereocenters. The molecule has 0 spiro atoms. The van der Waals surface area contributed by atoms with Crippen LogP contribution in [0.3, 0.4) is 0 Å². The summed E-state index contributed by atoms with van der Waals surface area (Å²) in [6, 6.07) is 13.7. The van der Waals surface area contributed by atoms with Crippen LogP contribution >= 0.6 is 22.7 Å². The van der Waals surface area contributed by atoms with Crippen molar-refractivity contribution in [1.29, 1.82) is 5.26 Å². The van der Waals surface area contributed by atoms with E-state index in [1.807, 2.05) is 36.4 Å². The fourth-order valence-corrected chi connectivity index (χ4v) is 5.44. The number of hydrogen-bond donors (Lipinski definition) is 1. The number of esters is 1. The Bertz CT molecular complexity index is 1200. The molecule has 0 saturated heterocycles. The van der Waals surface area contributed by atoms with Crippen molar-refractivity contribution in [2.24, 2.45) is 4.99 Å². The van der Waals surface area contributed by atoms with E-state index in [0.29, 0.717) is 22.9 Å². The number of aliphatic imine (C=N–C) groups is 1. The van der Waals surface area contributed by atoms with Crippen LogP contribution in [0.4, 0.5) is 0 Å². The van der Waals surface area contributed by atoms with Crippen LogP contribution in [0.5, 0.6) is 0 Å². The third-order valence-corrected chi connectivity index (χ3v) is 7.34. The van der Waals surface area contributed by atoms with Crippen molar-refractivity contribution < 1.29 is 14.3 Å². The molecule has 3 aromatic rings. The number of hydrogen-bond acceptors (Lipinski definition) is 7. The molecule has 6 nitrogen and oxygen atoms in total. The van der Waals surface area contributed by atoms with Crippen LogP contribution in [0, 0.1) is 11.3 Å². The van der Waals surface area contributed by atoms with E-state index < -0.39 is 0 Å². The van der Waals surface area contributed by atoms with Gasteiger partial charge in [-0.15, -0.1) is 22.7 Å². The second-order valence-corrected chi connectivity index (χ2v) is 9.20. The van der Waals surface area contributed by atoms with E-state index in [1.54, 1.807) is 26.3 Å². The van der Waals surface area contributed by atoms with Crippen LogP contribution in [0.25, 0.3) is 21.6 Å². The topological polar surface area (TPSA) is 91.5 Å². The highest BCUT2D eigenvalue weighted by Gasteiger charge is 2.23. The molecule has 8 heteroatoms. The van der Waals surface area contributed by atoms with Gasteiger partial charge in [-0.1, -0.05) is 31.2 Å². The van der Waals surface area contributed by atoms with Gasteiger partial charge in [-0.3, -0.25) is 9.79 Å². The van der Waals surface area contributed by atoms with Gasteiger partial charge in [0.25, 0.3) is 5.91 Å². The van der Waals surface area contributed by atoms with Gasteiger partial charge in [0.05, 0.1) is 24.0 Å². The summed E-state index contributed by atoms with van der Waals surface area (Å²) < 4.78 is 5.31. The number of thiophene rings is 2. The molecule has 2 heterocycles. The average molecular weight is 480 g/mol. The first kappa shape index (κ1) is 24.4. The largest absolute Gasteiger partial charge is 0.462 e. The SMILES string of the molecule is CCOC(=O)c1sc(CC)c(C=NC)c1-c1ccc(-c2ccc(C(=O)NCCC#N)s2)cc1. The molecule has 3 rings (SSSR count). The molecule has 2 aromatic heterocycles. The second-order valence-electron chi connectivity index (χ2n) is 7.01. The fraction of sp³-hybridized carbons (Fsp3) is 0.280. The maximum absolute atomic E-state index is 12.7. The predicted octanol–water partition coefficient (Wildman–Crippen LogP) is 5.57. The lowest BCUT2D eigenvalue weighted by molar-refractivity contribution is 0.0532. The van der Waals surface area contributed by atoms with Crippen LogP contribution < -0.4 is 5.32 Å². The van der Waals surface area contributed by atoms with E-state index in [9.17, 15) is 9.59 Å². The highest BCUT2D eigenvalue weighted by atomic mass is 32.1. The number of nitrogens with zero attached hydrogens (tertiary/aromatic N) is 2. The number of benzene rings is 1. The Morgan fingerprint density at radius 2 is 1.85 bits per heavy atom. The number of amides is 1. The van der Waals surface area contributed by atoms with Crippen molar-refractivity contribution in [3.63, 3.8) is 0 Å². The zero-order valence-electron chi connectivity index (χ0n) is 18.8. The van der Waals surface area contributed by atoms with E-state index >= 15 is 0 Å². The maximum atomic E-state index is 12.7. The van der Waals surface area contributed by atoms with Gasteiger partial charge < -0.3 is 10.1 Å². The van der Waals surface area contributed by atoms with Gasteiger partial charge in [0.15, 0.2) is 0 Å². The van der Waals surface area contributed by atoms with Gasteiger partial charge in [-0.25, -0.2) is 4.79 Å². The zero-order chi connectivity index (χ0) is 23.8. The Morgan fingerprint density at radius 1 is 1.12 bits per heavy atom. The van der Waals surface area contributed by atoms with Crippen molar-refractivity contribution in [1.82, 2.24) is 5.32 Å². The van der Waals surface area contributed by atoms with Gasteiger partial charge in [-0.05, 0) is 36.6 Å². The third-order valence-electron chi connectivity index (χ3n) is 4.87. The van der Waals surface area contributed by atoms with Crippen LogP contribution in [0.15, 0.2) is 41.4 Å². The molecule has 0 saturated carbocycles. The lowest BCUT2D eigenvalue weighted by atomic mass is 9.98. The normalized spacial score (nSPS) is 10.8. The average Bonchev–Trinajstić information content (AvgIpc) is 3.45. The van der Waals surface area contributed by atoms with Crippen molar-refractivity contribution in [2.75, 3.05) is 20.2 Å². The lowest BCUT2D eigenvalue weighted by Gasteiger charge is -2.07. The molecule has 1 aromatic carbocycles. The Balaban J connectivity index is 1.93. The Labute approximate surface area is 201 Å². The summed E-state index contributed by atoms with van der Waals surface area (Å²) in [6.45, 7) is 4.52. The molecule has 170 valence electrons. The molecule has 33 heavy (non-hydrogen) atoms. The summed E-state index contributed by atoms with van der Waals surface area (Å²) in [5.41, 5.74) is 3.69. The minimum atomic E-state index is -0.322. The van der Waals surface area contributed by atoms with Crippen LogP contribution in [0.2, 0.25) is 0 Å². The number of rotatable bonds is 9. The van der Waals surface area contributed by atoms with Crippen molar-refractivity contribution in [2.45, 2.75) is 26.7 Å². The fourth-order valence-electron chi connectivity index (χ4n) is 3.38. The van der Waals surface area contributed by atoms with Crippen molar-refractivity contribution in [3.05, 3.63) is 56.6 Å². The number of carbonyl (C=O) groups is 2.